The summed E-state index contributed by atoms with van der Waals surface area (Å²) >= 11 is 0. The largest absolute Gasteiger partial charge is 0.376 e. The zero-order chi connectivity index (χ0) is 13.8. The fraction of sp³-hybridized carbons (Fsp3) is 0.538. The van der Waals surface area contributed by atoms with Crippen LogP contribution in [0.5, 0.6) is 0 Å². The minimum absolute atomic E-state index is 0.0521. The van der Waals surface area contributed by atoms with Crippen LogP contribution in [0, 0.1) is 17.5 Å². The van der Waals surface area contributed by atoms with Crippen molar-refractivity contribution in [3.8, 4) is 0 Å². The number of hydrogen-bond acceptors (Lipinski definition) is 3. The quantitative estimate of drug-likeness (QED) is 0.854. The van der Waals surface area contributed by atoms with E-state index >= 15 is 0 Å². The average Bonchev–Trinajstić information content (AvgIpc) is 2.44. The lowest BCUT2D eigenvalue weighted by atomic mass is 10.00. The molecule has 1 aliphatic heterocycles. The van der Waals surface area contributed by atoms with Gasteiger partial charge in [-0.1, -0.05) is 13.0 Å². The summed E-state index contributed by atoms with van der Waals surface area (Å²) in [4.78, 5) is 0. The van der Waals surface area contributed by atoms with Gasteiger partial charge in [-0.15, -0.1) is 0 Å². The van der Waals surface area contributed by atoms with Crippen molar-refractivity contribution in [2.75, 3.05) is 26.4 Å². The molecule has 0 amide bonds. The molecule has 1 heterocycles. The van der Waals surface area contributed by atoms with Crippen molar-refractivity contribution in [2.45, 2.75) is 19.1 Å². The lowest BCUT2D eigenvalue weighted by Gasteiger charge is -2.31. The van der Waals surface area contributed by atoms with Crippen molar-refractivity contribution < 1.29 is 22.6 Å². The van der Waals surface area contributed by atoms with Crippen LogP contribution < -0.4 is 5.32 Å². The molecule has 0 saturated carbocycles. The van der Waals surface area contributed by atoms with E-state index in [1.54, 1.807) is 0 Å². The molecule has 0 radical (unpaired) electrons. The van der Waals surface area contributed by atoms with Gasteiger partial charge in [0.15, 0.2) is 17.5 Å². The maximum absolute atomic E-state index is 13.8. The van der Waals surface area contributed by atoms with E-state index in [9.17, 15) is 13.2 Å². The van der Waals surface area contributed by atoms with Crippen LogP contribution in [0.25, 0.3) is 0 Å². The van der Waals surface area contributed by atoms with Crippen LogP contribution in [0.15, 0.2) is 12.1 Å². The number of rotatable bonds is 4. The minimum atomic E-state index is -1.46. The van der Waals surface area contributed by atoms with E-state index in [2.05, 4.69) is 5.32 Å². The molecule has 1 aromatic carbocycles. The van der Waals surface area contributed by atoms with E-state index in [0.29, 0.717) is 19.8 Å². The van der Waals surface area contributed by atoms with Gasteiger partial charge in [0.1, 0.15) is 6.10 Å². The Hall–Kier alpha value is -1.11. The predicted octanol–water partition coefficient (Wildman–Crippen LogP) is 2.17. The van der Waals surface area contributed by atoms with E-state index in [-0.39, 0.29) is 12.2 Å². The maximum atomic E-state index is 13.8. The Labute approximate surface area is 109 Å². The summed E-state index contributed by atoms with van der Waals surface area (Å²) in [6.07, 6.45) is -0.423. The highest BCUT2D eigenvalue weighted by Gasteiger charge is 2.29. The molecule has 2 unspecified atom stereocenters. The highest BCUT2D eigenvalue weighted by atomic mass is 19.2. The van der Waals surface area contributed by atoms with Crippen molar-refractivity contribution in [3.05, 3.63) is 35.1 Å². The van der Waals surface area contributed by atoms with Crippen LogP contribution in [-0.2, 0) is 9.47 Å². The molecule has 3 nitrogen and oxygen atoms in total. The summed E-state index contributed by atoms with van der Waals surface area (Å²) in [6.45, 7) is 3.56. The predicted molar refractivity (Wildman–Crippen MR) is 63.3 cm³/mol. The van der Waals surface area contributed by atoms with Crippen LogP contribution in [0.3, 0.4) is 0 Å². The van der Waals surface area contributed by atoms with Crippen LogP contribution in [0.2, 0.25) is 0 Å². The van der Waals surface area contributed by atoms with E-state index in [4.69, 9.17) is 9.47 Å². The number of ether oxygens (including phenoxy) is 2. The lowest BCUT2D eigenvalue weighted by Crippen LogP contribution is -2.41. The van der Waals surface area contributed by atoms with Crippen LogP contribution in [-0.4, -0.2) is 32.5 Å². The van der Waals surface area contributed by atoms with Crippen molar-refractivity contribution >= 4 is 0 Å². The Morgan fingerprint density at radius 2 is 2.05 bits per heavy atom. The Morgan fingerprint density at radius 1 is 1.26 bits per heavy atom. The zero-order valence-corrected chi connectivity index (χ0v) is 10.6. The second-order valence-corrected chi connectivity index (χ2v) is 4.28. The van der Waals surface area contributed by atoms with E-state index in [1.165, 1.54) is 6.07 Å². The smallest absolute Gasteiger partial charge is 0.194 e. The van der Waals surface area contributed by atoms with Gasteiger partial charge in [-0.25, -0.2) is 13.2 Å². The first kappa shape index (κ1) is 14.3. The molecule has 1 aromatic rings. The van der Waals surface area contributed by atoms with Gasteiger partial charge >= 0.3 is 0 Å². The van der Waals surface area contributed by atoms with Crippen molar-refractivity contribution in [3.63, 3.8) is 0 Å². The molecule has 19 heavy (non-hydrogen) atoms. The van der Waals surface area contributed by atoms with Gasteiger partial charge in [0.2, 0.25) is 0 Å². The fourth-order valence-electron chi connectivity index (χ4n) is 2.14. The van der Waals surface area contributed by atoms with Gasteiger partial charge in [-0.05, 0) is 12.6 Å². The Morgan fingerprint density at radius 3 is 2.68 bits per heavy atom. The second kappa shape index (κ2) is 6.36. The molecule has 0 aliphatic carbocycles. The van der Waals surface area contributed by atoms with Gasteiger partial charge in [-0.3, -0.25) is 0 Å². The second-order valence-electron chi connectivity index (χ2n) is 4.28. The van der Waals surface area contributed by atoms with Gasteiger partial charge < -0.3 is 14.8 Å². The molecule has 0 spiro atoms. The lowest BCUT2D eigenvalue weighted by molar-refractivity contribution is -0.102. The molecule has 1 N–H and O–H groups in total. The van der Waals surface area contributed by atoms with Crippen molar-refractivity contribution in [2.24, 2.45) is 0 Å². The number of likely N-dealkylation sites (N-methyl/N-ethyl adjacent to an activating group) is 1. The molecular weight excluding hydrogens is 259 g/mol. The molecular formula is C13H16F3NO2. The molecule has 106 valence electrons. The van der Waals surface area contributed by atoms with Crippen LogP contribution in [0.4, 0.5) is 13.2 Å². The van der Waals surface area contributed by atoms with Crippen LogP contribution in [0.1, 0.15) is 18.5 Å². The molecule has 1 aliphatic rings. The Bertz CT molecular complexity index is 436. The minimum Gasteiger partial charge on any atom is -0.376 e. The summed E-state index contributed by atoms with van der Waals surface area (Å²) in [7, 11) is 0. The average molecular weight is 275 g/mol. The third-order valence-electron chi connectivity index (χ3n) is 3.04. The number of hydrogen-bond donors (Lipinski definition) is 1. The molecule has 2 rings (SSSR count). The van der Waals surface area contributed by atoms with Crippen molar-refractivity contribution in [1.82, 2.24) is 5.32 Å². The third kappa shape index (κ3) is 3.08. The topological polar surface area (TPSA) is 30.5 Å². The molecule has 0 aromatic heterocycles. The zero-order valence-electron chi connectivity index (χ0n) is 10.6. The highest BCUT2D eigenvalue weighted by Crippen LogP contribution is 2.26. The normalized spacial score (nSPS) is 21.4. The van der Waals surface area contributed by atoms with Gasteiger partial charge in [-0.2, -0.15) is 0 Å². The third-order valence-corrected chi connectivity index (χ3v) is 3.04. The number of benzene rings is 1. The van der Waals surface area contributed by atoms with Crippen molar-refractivity contribution in [1.29, 1.82) is 0 Å². The summed E-state index contributed by atoms with van der Waals surface area (Å²) in [6, 6.07) is 1.58. The monoisotopic (exact) mass is 275 g/mol. The van der Waals surface area contributed by atoms with Gasteiger partial charge in [0.25, 0.3) is 0 Å². The van der Waals surface area contributed by atoms with E-state index < -0.39 is 29.6 Å². The molecule has 6 heteroatoms. The van der Waals surface area contributed by atoms with Gasteiger partial charge in [0, 0.05) is 5.56 Å². The summed E-state index contributed by atoms with van der Waals surface area (Å²) in [5.74, 6) is -3.84. The highest BCUT2D eigenvalue weighted by molar-refractivity contribution is 5.25. The number of nitrogens with one attached hydrogen (secondary N) is 1. The summed E-state index contributed by atoms with van der Waals surface area (Å²) in [5, 5.41) is 3.02. The maximum Gasteiger partial charge on any atom is 0.194 e. The Balaban J connectivity index is 2.30. The number of halogens is 3. The van der Waals surface area contributed by atoms with Gasteiger partial charge in [0.05, 0.1) is 25.9 Å². The standard InChI is InChI=1S/C13H16F3NO2/c1-2-17-13(10-7-18-5-6-19-10)8-3-4-9(14)12(16)11(8)15/h3-4,10,13,17H,2,5-7H2,1H3. The summed E-state index contributed by atoms with van der Waals surface area (Å²) in [5.41, 5.74) is 0.0521. The molecule has 0 bridgehead atoms. The summed E-state index contributed by atoms with van der Waals surface area (Å²) < 4.78 is 50.9. The van der Waals surface area contributed by atoms with Crippen LogP contribution >= 0.6 is 0 Å². The molecule has 2 atom stereocenters. The Kier molecular flexibility index (Phi) is 4.79. The first-order valence-corrected chi connectivity index (χ1v) is 6.21. The first-order valence-electron chi connectivity index (χ1n) is 6.21. The van der Waals surface area contributed by atoms with E-state index in [0.717, 1.165) is 6.07 Å². The molecule has 1 saturated heterocycles. The van der Waals surface area contributed by atoms with E-state index in [1.807, 2.05) is 6.92 Å². The first-order chi connectivity index (χ1) is 9.15. The fourth-order valence-corrected chi connectivity index (χ4v) is 2.14. The molecule has 1 fully saturated rings. The SMILES string of the molecule is CCNC(c1ccc(F)c(F)c1F)C1COCCO1.